The maximum Gasteiger partial charge on any atom is 0.269 e. The monoisotopic (exact) mass is 637 g/mol. The smallest absolute Gasteiger partial charge is 0.269 e. The molecule has 2 aromatic carbocycles. The molecule has 244 valence electrons. The number of morpholine rings is 1. The van der Waals surface area contributed by atoms with Gasteiger partial charge in [-0.05, 0) is 87.4 Å². The second kappa shape index (κ2) is 11.3. The molecule has 4 aliphatic rings. The quantitative estimate of drug-likeness (QED) is 0.265. The number of amides is 2. The summed E-state index contributed by atoms with van der Waals surface area (Å²) in [7, 11) is -1.54. The number of ether oxygens (including phenoxy) is 2. The van der Waals surface area contributed by atoms with Crippen LogP contribution in [0, 0.1) is 5.41 Å². The number of fused-ring (bicyclic) bond motifs is 7. The summed E-state index contributed by atoms with van der Waals surface area (Å²) in [5.74, 6) is 0.913. The molecule has 7 rings (SSSR count). The lowest BCUT2D eigenvalue weighted by Gasteiger charge is -2.37. The highest BCUT2D eigenvalue weighted by molar-refractivity contribution is 8.23. The highest BCUT2D eigenvalue weighted by atomic mass is 32.3. The van der Waals surface area contributed by atoms with Gasteiger partial charge in [0.15, 0.2) is 0 Å². The van der Waals surface area contributed by atoms with Crippen molar-refractivity contribution in [2.75, 3.05) is 26.0 Å². The van der Waals surface area contributed by atoms with Crippen LogP contribution < -0.4 is 9.46 Å². The van der Waals surface area contributed by atoms with Gasteiger partial charge in [0.25, 0.3) is 5.91 Å². The summed E-state index contributed by atoms with van der Waals surface area (Å²) in [6, 6.07) is 12.0. The first-order valence-corrected chi connectivity index (χ1v) is 18.1. The Kier molecular flexibility index (Phi) is 7.70. The van der Waals surface area contributed by atoms with E-state index in [1.54, 1.807) is 20.1 Å². The molecule has 2 amide bonds. The van der Waals surface area contributed by atoms with Gasteiger partial charge < -0.3 is 18.9 Å². The summed E-state index contributed by atoms with van der Waals surface area (Å²) >= 11 is 0. The Bertz CT molecular complexity index is 1660. The number of nitrogens with one attached hydrogen (secondary N) is 1. The second-order valence-corrected chi connectivity index (χ2v) is 15.8. The molecule has 45 heavy (non-hydrogen) atoms. The van der Waals surface area contributed by atoms with Gasteiger partial charge in [0.2, 0.25) is 5.91 Å². The van der Waals surface area contributed by atoms with Crippen molar-refractivity contribution in [3.63, 3.8) is 0 Å². The third-order valence-corrected chi connectivity index (χ3v) is 11.9. The Hall–Kier alpha value is -3.05. The Balaban J connectivity index is 0.00000372. The van der Waals surface area contributed by atoms with E-state index in [1.165, 1.54) is 24.8 Å². The van der Waals surface area contributed by atoms with Crippen molar-refractivity contribution in [2.24, 2.45) is 5.41 Å². The zero-order valence-electron chi connectivity index (χ0n) is 26.7. The van der Waals surface area contributed by atoms with Crippen LogP contribution >= 0.6 is 10.8 Å². The number of benzene rings is 2. The molecule has 4 atom stereocenters. The van der Waals surface area contributed by atoms with Crippen LogP contribution in [-0.4, -0.2) is 68.5 Å². The van der Waals surface area contributed by atoms with E-state index in [0.717, 1.165) is 52.7 Å². The van der Waals surface area contributed by atoms with Crippen LogP contribution in [0.5, 0.6) is 5.75 Å². The lowest BCUT2D eigenvalue weighted by molar-refractivity contribution is -0.149. The minimum atomic E-state index is -3.23. The van der Waals surface area contributed by atoms with E-state index in [9.17, 15) is 18.7 Å². The number of aromatic nitrogens is 1. The average Bonchev–Trinajstić information content (AvgIpc) is 3.70. The van der Waals surface area contributed by atoms with Crippen molar-refractivity contribution < 1.29 is 29.6 Å². The molecule has 0 spiro atoms. The molecule has 0 radical (unpaired) electrons. The molecular formula is C35H47N3O6S. The van der Waals surface area contributed by atoms with Gasteiger partial charge in [-0.15, -0.1) is 10.8 Å². The van der Waals surface area contributed by atoms with Crippen molar-refractivity contribution in [3.8, 4) is 17.0 Å². The van der Waals surface area contributed by atoms with Crippen molar-refractivity contribution in [1.29, 1.82) is 0 Å². The zero-order valence-corrected chi connectivity index (χ0v) is 27.5. The number of carbonyl (C=O) groups excluding carboxylic acids is 2. The van der Waals surface area contributed by atoms with Crippen LogP contribution in [0.2, 0.25) is 0 Å². The van der Waals surface area contributed by atoms with Crippen molar-refractivity contribution >= 4 is 33.5 Å². The summed E-state index contributed by atoms with van der Waals surface area (Å²) in [6.07, 6.45) is 6.51. The zero-order chi connectivity index (χ0) is 31.7. The third kappa shape index (κ3) is 5.23. The Morgan fingerprint density at radius 1 is 1.09 bits per heavy atom. The number of hydrogen-bond acceptors (Lipinski definition) is 6. The molecule has 2 aliphatic heterocycles. The summed E-state index contributed by atoms with van der Waals surface area (Å²) in [4.78, 5) is 29.9. The van der Waals surface area contributed by atoms with E-state index in [2.05, 4.69) is 21.4 Å². The average molecular weight is 638 g/mol. The number of nitrogens with zero attached hydrogens (tertiary/aromatic N) is 2. The maximum atomic E-state index is 14.7. The summed E-state index contributed by atoms with van der Waals surface area (Å²) in [5.41, 5.74) is 5.41. The lowest BCUT2D eigenvalue weighted by Crippen LogP contribution is -2.51. The van der Waals surface area contributed by atoms with E-state index in [4.69, 9.17) is 9.47 Å². The number of carbonyl (C=O) groups is 2. The first-order chi connectivity index (χ1) is 21.5. The van der Waals surface area contributed by atoms with Gasteiger partial charge in [0.05, 0.1) is 36.2 Å². The molecule has 0 bridgehead atoms. The normalized spacial score (nSPS) is 26.8. The van der Waals surface area contributed by atoms with Gasteiger partial charge >= 0.3 is 0 Å². The predicted molar refractivity (Wildman–Crippen MR) is 179 cm³/mol. The first kappa shape index (κ1) is 30.6. The summed E-state index contributed by atoms with van der Waals surface area (Å²) in [6.45, 7) is 7.35. The Morgan fingerprint density at radius 2 is 1.82 bits per heavy atom. The van der Waals surface area contributed by atoms with Gasteiger partial charge in [0.1, 0.15) is 5.75 Å². The van der Waals surface area contributed by atoms with E-state index in [-0.39, 0.29) is 31.2 Å². The molecule has 3 aromatic rings. The van der Waals surface area contributed by atoms with Crippen molar-refractivity contribution in [1.82, 2.24) is 14.2 Å². The molecule has 9 nitrogen and oxygen atoms in total. The molecule has 2 unspecified atom stereocenters. The lowest BCUT2D eigenvalue weighted by atomic mass is 9.81. The fourth-order valence-electron chi connectivity index (χ4n) is 8.36. The van der Waals surface area contributed by atoms with Gasteiger partial charge in [-0.25, -0.2) is 4.72 Å². The first-order valence-electron chi connectivity index (χ1n) is 16.4. The largest absolute Gasteiger partial charge is 0.497 e. The molecule has 10 heteroatoms. The van der Waals surface area contributed by atoms with Crippen molar-refractivity contribution in [3.05, 3.63) is 53.1 Å². The Labute approximate surface area is 268 Å². The fraction of sp³-hybridized carbons (Fsp3) is 0.543. The molecule has 3 fully saturated rings. The molecule has 3 N–H and O–H groups in total. The van der Waals surface area contributed by atoms with Crippen LogP contribution in [0.15, 0.2) is 36.4 Å². The van der Waals surface area contributed by atoms with Gasteiger partial charge in [0, 0.05) is 49.0 Å². The van der Waals surface area contributed by atoms with Crippen LogP contribution in [-0.2, 0) is 16.1 Å². The van der Waals surface area contributed by atoms with Crippen LogP contribution in [0.25, 0.3) is 22.2 Å². The van der Waals surface area contributed by atoms with E-state index in [1.807, 2.05) is 36.9 Å². The minimum absolute atomic E-state index is 0. The number of hydrogen-bond donors (Lipinski definition) is 3. The highest BCUT2D eigenvalue weighted by Gasteiger charge is 2.64. The summed E-state index contributed by atoms with van der Waals surface area (Å²) < 4.78 is 37.0. The molecule has 1 aromatic heterocycles. The van der Waals surface area contributed by atoms with E-state index < -0.39 is 22.1 Å². The van der Waals surface area contributed by atoms with Gasteiger partial charge in [-0.1, -0.05) is 25.3 Å². The summed E-state index contributed by atoms with van der Waals surface area (Å²) in [5, 5.41) is 1.10. The third-order valence-electron chi connectivity index (χ3n) is 10.6. The molecule has 3 heterocycles. The Morgan fingerprint density at radius 3 is 2.51 bits per heavy atom. The predicted octanol–water partition coefficient (Wildman–Crippen LogP) is 7.15. The van der Waals surface area contributed by atoms with Crippen LogP contribution in [0.4, 0.5) is 0 Å². The van der Waals surface area contributed by atoms with Crippen LogP contribution in [0.1, 0.15) is 94.0 Å². The van der Waals surface area contributed by atoms with Crippen molar-refractivity contribution in [2.45, 2.75) is 89.9 Å². The molecular weight excluding hydrogens is 590 g/mol. The van der Waals surface area contributed by atoms with Crippen LogP contribution in [0.3, 0.4) is 0 Å². The van der Waals surface area contributed by atoms with Gasteiger partial charge in [-0.2, -0.15) is 0 Å². The van der Waals surface area contributed by atoms with E-state index in [0.29, 0.717) is 31.1 Å². The molecule has 2 aliphatic carbocycles. The fourth-order valence-corrected chi connectivity index (χ4v) is 8.92. The minimum Gasteiger partial charge on any atom is -0.497 e. The highest BCUT2D eigenvalue weighted by Crippen LogP contribution is 2.66. The molecule has 1 saturated heterocycles. The maximum absolute atomic E-state index is 14.7. The SMILES string of the molecule is CCS(O)(O)NC(=O)c1ccc2c(C3CCCCC3)c3n(c2c1)CC1(C(=O)N2C[C@@H](C)O[C@@H](C)C2)CC1c1cc(OC)ccc1-3.[HH]. The topological polar surface area (TPSA) is 113 Å². The van der Waals surface area contributed by atoms with Gasteiger partial charge in [-0.3, -0.25) is 18.7 Å². The van der Waals surface area contributed by atoms with E-state index >= 15 is 0 Å². The molecule has 2 saturated carbocycles. The number of rotatable bonds is 6. The second-order valence-electron chi connectivity index (χ2n) is 13.6. The number of methoxy groups -OCH3 is 1. The standard InChI is InChI=1S/C35H45N3O6S.H2/c1-5-45(41,42)36-33(39)24-11-13-27-30(15-24)38-20-35(34(40)37-18-21(2)44-22(3)19-37)17-29(35)28-16-25(43-4)12-14-26(28)32(38)31(27)23-9-7-6-8-10-23;/h11-16,21-23,29,41-42H,5-10,17-20H2,1-4H3,(H,36,39);1H/t21-,22+,29?,35?;.